The molecule has 2 aromatic rings. The van der Waals surface area contributed by atoms with Crippen LogP contribution in [0, 0.1) is 13.8 Å². The minimum absolute atomic E-state index is 0.138. The first-order chi connectivity index (χ1) is 14.8. The van der Waals surface area contributed by atoms with Crippen molar-refractivity contribution in [1.82, 2.24) is 10.3 Å². The van der Waals surface area contributed by atoms with Crippen molar-refractivity contribution < 1.29 is 33.3 Å². The third-order valence-electron chi connectivity index (χ3n) is 4.92. The van der Waals surface area contributed by atoms with Crippen molar-refractivity contribution in [2.45, 2.75) is 26.8 Å². The van der Waals surface area contributed by atoms with Crippen LogP contribution in [0.1, 0.15) is 50.6 Å². The number of aryl methyl sites for hydroxylation is 1. The van der Waals surface area contributed by atoms with Crippen molar-refractivity contribution in [2.24, 2.45) is 0 Å². The second kappa shape index (κ2) is 10.7. The Hall–Kier alpha value is -3.20. The molecule has 1 aromatic heterocycles. The fraction of sp³-hybridized carbons (Fsp3) is 0.455. The summed E-state index contributed by atoms with van der Waals surface area (Å²) in [6.45, 7) is 5.70. The van der Waals surface area contributed by atoms with Gasteiger partial charge in [0.1, 0.15) is 12.3 Å². The van der Waals surface area contributed by atoms with Gasteiger partial charge in [0, 0.05) is 12.8 Å². The molecule has 1 atom stereocenters. The summed E-state index contributed by atoms with van der Waals surface area (Å²) in [6.07, 6.45) is 0. The van der Waals surface area contributed by atoms with Crippen LogP contribution in [0.5, 0.6) is 17.2 Å². The Morgan fingerprint density at radius 2 is 1.61 bits per heavy atom. The minimum Gasteiger partial charge on any atom is -0.493 e. The first kappa shape index (κ1) is 24.1. The van der Waals surface area contributed by atoms with Crippen LogP contribution in [-0.2, 0) is 9.47 Å². The SMILES string of the molecule is COCCOC(=O)c1c(C)[nH]c(C(=O)NC(C)c2cc(OC)c(OC)c(OC)c2)c1C. The summed E-state index contributed by atoms with van der Waals surface area (Å²) in [5.74, 6) is 0.606. The highest BCUT2D eigenvalue weighted by Crippen LogP contribution is 2.39. The monoisotopic (exact) mass is 434 g/mol. The van der Waals surface area contributed by atoms with Crippen LogP contribution < -0.4 is 19.5 Å². The van der Waals surface area contributed by atoms with Gasteiger partial charge in [0.2, 0.25) is 5.75 Å². The normalized spacial score (nSPS) is 11.6. The van der Waals surface area contributed by atoms with Gasteiger partial charge in [-0.05, 0) is 44.0 Å². The summed E-state index contributed by atoms with van der Waals surface area (Å²) in [7, 11) is 6.11. The van der Waals surface area contributed by atoms with E-state index < -0.39 is 5.97 Å². The molecular formula is C22H30N2O7. The average Bonchev–Trinajstić information content (AvgIpc) is 3.06. The average molecular weight is 434 g/mol. The fourth-order valence-corrected chi connectivity index (χ4v) is 3.28. The van der Waals surface area contributed by atoms with Crippen LogP contribution in [-0.4, -0.2) is 58.5 Å². The molecule has 0 saturated heterocycles. The summed E-state index contributed by atoms with van der Waals surface area (Å²) in [4.78, 5) is 28.3. The van der Waals surface area contributed by atoms with E-state index in [1.165, 1.54) is 28.4 Å². The maximum Gasteiger partial charge on any atom is 0.340 e. The van der Waals surface area contributed by atoms with Gasteiger partial charge in [-0.2, -0.15) is 0 Å². The zero-order chi connectivity index (χ0) is 23.1. The van der Waals surface area contributed by atoms with E-state index in [1.54, 1.807) is 26.0 Å². The highest BCUT2D eigenvalue weighted by Gasteiger charge is 2.24. The van der Waals surface area contributed by atoms with E-state index in [2.05, 4.69) is 10.3 Å². The van der Waals surface area contributed by atoms with E-state index in [1.807, 2.05) is 6.92 Å². The van der Waals surface area contributed by atoms with Crippen molar-refractivity contribution in [3.8, 4) is 17.2 Å². The Morgan fingerprint density at radius 3 is 2.13 bits per heavy atom. The second-order valence-electron chi connectivity index (χ2n) is 6.91. The Morgan fingerprint density at radius 1 is 1.00 bits per heavy atom. The minimum atomic E-state index is -0.500. The molecule has 170 valence electrons. The van der Waals surface area contributed by atoms with Gasteiger partial charge in [-0.1, -0.05) is 0 Å². The number of methoxy groups -OCH3 is 4. The summed E-state index contributed by atoms with van der Waals surface area (Å²) in [5, 5.41) is 2.93. The van der Waals surface area contributed by atoms with E-state index in [-0.39, 0.29) is 18.6 Å². The van der Waals surface area contributed by atoms with Gasteiger partial charge in [0.05, 0.1) is 39.5 Å². The number of nitrogens with one attached hydrogen (secondary N) is 2. The number of H-pyrrole nitrogens is 1. The van der Waals surface area contributed by atoms with Gasteiger partial charge < -0.3 is 34.0 Å². The number of amides is 1. The number of rotatable bonds is 10. The zero-order valence-electron chi connectivity index (χ0n) is 19.0. The third-order valence-corrected chi connectivity index (χ3v) is 4.92. The van der Waals surface area contributed by atoms with E-state index in [9.17, 15) is 9.59 Å². The Balaban J connectivity index is 2.24. The molecule has 2 rings (SSSR count). The van der Waals surface area contributed by atoms with Crippen molar-refractivity contribution in [3.63, 3.8) is 0 Å². The quantitative estimate of drug-likeness (QED) is 0.437. The maximum absolute atomic E-state index is 12.9. The number of esters is 1. The maximum atomic E-state index is 12.9. The largest absolute Gasteiger partial charge is 0.493 e. The standard InChI is InChI=1S/C22H30N2O7/c1-12-18(22(26)31-9-8-27-4)14(3)23-19(12)21(25)24-13(2)15-10-16(28-5)20(30-7)17(11-15)29-6/h10-11,13,23H,8-9H2,1-7H3,(H,24,25). The highest BCUT2D eigenvalue weighted by atomic mass is 16.6. The number of carbonyl (C=O) groups is 2. The van der Waals surface area contributed by atoms with E-state index in [4.69, 9.17) is 23.7 Å². The summed E-state index contributed by atoms with van der Waals surface area (Å²) >= 11 is 0. The van der Waals surface area contributed by atoms with Crippen molar-refractivity contribution in [2.75, 3.05) is 41.7 Å². The fourth-order valence-electron chi connectivity index (χ4n) is 3.28. The van der Waals surface area contributed by atoms with E-state index in [0.29, 0.717) is 46.4 Å². The van der Waals surface area contributed by atoms with Crippen molar-refractivity contribution >= 4 is 11.9 Å². The number of aromatic amines is 1. The lowest BCUT2D eigenvalue weighted by atomic mass is 10.1. The molecule has 0 fully saturated rings. The Kier molecular flexibility index (Phi) is 8.32. The number of aromatic nitrogens is 1. The topological polar surface area (TPSA) is 108 Å². The predicted molar refractivity (Wildman–Crippen MR) is 114 cm³/mol. The molecule has 0 radical (unpaired) electrons. The molecule has 1 unspecified atom stereocenters. The van der Waals surface area contributed by atoms with Crippen LogP contribution in [0.2, 0.25) is 0 Å². The molecule has 1 amide bonds. The van der Waals surface area contributed by atoms with Gasteiger partial charge in [0.15, 0.2) is 11.5 Å². The van der Waals surface area contributed by atoms with Gasteiger partial charge in [-0.3, -0.25) is 4.79 Å². The number of hydrogen-bond acceptors (Lipinski definition) is 7. The summed E-state index contributed by atoms with van der Waals surface area (Å²) < 4.78 is 26.2. The molecular weight excluding hydrogens is 404 g/mol. The van der Waals surface area contributed by atoms with Crippen LogP contribution >= 0.6 is 0 Å². The van der Waals surface area contributed by atoms with Crippen molar-refractivity contribution in [3.05, 3.63) is 40.2 Å². The van der Waals surface area contributed by atoms with Gasteiger partial charge in [0.25, 0.3) is 5.91 Å². The molecule has 1 heterocycles. The van der Waals surface area contributed by atoms with Crippen molar-refractivity contribution in [1.29, 1.82) is 0 Å². The molecule has 1 aromatic carbocycles. The number of benzene rings is 1. The lowest BCUT2D eigenvalue weighted by Gasteiger charge is -2.18. The van der Waals surface area contributed by atoms with Crippen LogP contribution in [0.3, 0.4) is 0 Å². The molecule has 0 bridgehead atoms. The molecule has 0 saturated carbocycles. The van der Waals surface area contributed by atoms with Crippen LogP contribution in [0.25, 0.3) is 0 Å². The lowest BCUT2D eigenvalue weighted by molar-refractivity contribution is 0.0386. The zero-order valence-corrected chi connectivity index (χ0v) is 19.0. The summed E-state index contributed by atoms with van der Waals surface area (Å²) in [5.41, 5.74) is 2.50. The smallest absolute Gasteiger partial charge is 0.340 e. The van der Waals surface area contributed by atoms with Crippen LogP contribution in [0.15, 0.2) is 12.1 Å². The molecule has 9 heteroatoms. The molecule has 9 nitrogen and oxygen atoms in total. The molecule has 0 aliphatic rings. The van der Waals surface area contributed by atoms with Gasteiger partial charge >= 0.3 is 5.97 Å². The van der Waals surface area contributed by atoms with E-state index in [0.717, 1.165) is 5.56 Å². The van der Waals surface area contributed by atoms with Gasteiger partial charge in [-0.25, -0.2) is 4.79 Å². The Labute approximate surface area is 182 Å². The number of carbonyl (C=O) groups excluding carboxylic acids is 2. The van der Waals surface area contributed by atoms with Crippen LogP contribution in [0.4, 0.5) is 0 Å². The third kappa shape index (κ3) is 5.29. The molecule has 0 spiro atoms. The Bertz CT molecular complexity index is 911. The second-order valence-corrected chi connectivity index (χ2v) is 6.91. The molecule has 0 aliphatic heterocycles. The van der Waals surface area contributed by atoms with E-state index >= 15 is 0 Å². The number of hydrogen-bond donors (Lipinski definition) is 2. The summed E-state index contributed by atoms with van der Waals surface area (Å²) in [6, 6.07) is 3.18. The molecule has 2 N–H and O–H groups in total. The predicted octanol–water partition coefficient (Wildman–Crippen LogP) is 2.95. The highest BCUT2D eigenvalue weighted by molar-refractivity contribution is 6.00. The first-order valence-corrected chi connectivity index (χ1v) is 9.74. The molecule has 31 heavy (non-hydrogen) atoms. The first-order valence-electron chi connectivity index (χ1n) is 9.74. The molecule has 0 aliphatic carbocycles. The lowest BCUT2D eigenvalue weighted by Crippen LogP contribution is -2.27. The van der Waals surface area contributed by atoms with Gasteiger partial charge in [-0.15, -0.1) is 0 Å². The number of ether oxygens (including phenoxy) is 5.